The first-order valence-electron chi connectivity index (χ1n) is 13.8. The van der Waals surface area contributed by atoms with Crippen LogP contribution in [0.2, 0.25) is 0 Å². The average molecular weight is 499 g/mol. The van der Waals surface area contributed by atoms with E-state index in [1.807, 2.05) is 72.0 Å². The molecule has 36 heavy (non-hydrogen) atoms. The Bertz CT molecular complexity index is 821. The van der Waals surface area contributed by atoms with Gasteiger partial charge in [-0.3, -0.25) is 0 Å². The Morgan fingerprint density at radius 1 is 0.639 bits per heavy atom. The van der Waals surface area contributed by atoms with E-state index < -0.39 is 0 Å². The first-order valence-corrected chi connectivity index (χ1v) is 13.8. The Labute approximate surface area is 217 Å². The van der Waals surface area contributed by atoms with Crippen molar-refractivity contribution in [2.75, 3.05) is 0 Å². The van der Waals surface area contributed by atoms with Crippen molar-refractivity contribution in [3.05, 3.63) is 49.1 Å². The second-order valence-electron chi connectivity index (χ2n) is 9.82. The Morgan fingerprint density at radius 3 is 1.33 bits per heavy atom. The lowest BCUT2D eigenvalue weighted by Crippen LogP contribution is -2.39. The van der Waals surface area contributed by atoms with Gasteiger partial charge in [0, 0.05) is 24.3 Å². The van der Waals surface area contributed by atoms with Gasteiger partial charge in [0.05, 0.1) is 12.2 Å². The fourth-order valence-corrected chi connectivity index (χ4v) is 4.17. The minimum Gasteiger partial charge on any atom is -0.458 e. The van der Waals surface area contributed by atoms with Crippen LogP contribution in [-0.4, -0.2) is 24.1 Å². The van der Waals surface area contributed by atoms with Crippen LogP contribution in [0.4, 0.5) is 0 Å². The van der Waals surface area contributed by atoms with E-state index >= 15 is 0 Å². The molecule has 0 aliphatic heterocycles. The normalized spacial score (nSPS) is 12.7. The summed E-state index contributed by atoms with van der Waals surface area (Å²) in [6, 6.07) is 7.93. The Hall–Kier alpha value is -2.76. The third-order valence-corrected chi connectivity index (χ3v) is 6.33. The first kappa shape index (κ1) is 29.5. The molecule has 2 aromatic rings. The standard InChI is InChI=1S/C30H46N2O4/c1-5-7-9-11-13-25(3)35-29(33)23-31-19-15-27(16-20-31)28-17-21-32(22-18-28)24-30(34)36-26(4)14-12-10-8-6-2/h15-22,25-26H,5-14,23-24H2,1-4H3/q+2. The van der Waals surface area contributed by atoms with E-state index in [0.29, 0.717) is 0 Å². The van der Waals surface area contributed by atoms with Crippen molar-refractivity contribution < 1.29 is 28.2 Å². The number of pyridine rings is 2. The van der Waals surface area contributed by atoms with Crippen LogP contribution >= 0.6 is 0 Å². The quantitative estimate of drug-likeness (QED) is 0.159. The summed E-state index contributed by atoms with van der Waals surface area (Å²) >= 11 is 0. The lowest BCUT2D eigenvalue weighted by atomic mass is 10.1. The summed E-state index contributed by atoms with van der Waals surface area (Å²) in [6.45, 7) is 8.72. The first-order chi connectivity index (χ1) is 17.4. The molecular weight excluding hydrogens is 452 g/mol. The molecule has 0 amide bonds. The molecule has 0 spiro atoms. The average Bonchev–Trinajstić information content (AvgIpc) is 2.85. The van der Waals surface area contributed by atoms with Crippen molar-refractivity contribution in [2.24, 2.45) is 0 Å². The van der Waals surface area contributed by atoms with E-state index in [2.05, 4.69) is 13.8 Å². The molecule has 0 fully saturated rings. The third kappa shape index (κ3) is 11.8. The number of aromatic nitrogens is 2. The van der Waals surface area contributed by atoms with Crippen molar-refractivity contribution in [1.29, 1.82) is 0 Å². The number of ether oxygens (including phenoxy) is 2. The molecule has 0 saturated carbocycles. The zero-order valence-corrected chi connectivity index (χ0v) is 22.8. The third-order valence-electron chi connectivity index (χ3n) is 6.33. The van der Waals surface area contributed by atoms with Gasteiger partial charge in [0.15, 0.2) is 24.8 Å². The summed E-state index contributed by atoms with van der Waals surface area (Å²) in [7, 11) is 0. The maximum atomic E-state index is 12.3. The van der Waals surface area contributed by atoms with Crippen LogP contribution in [0.25, 0.3) is 11.1 Å². The minimum absolute atomic E-state index is 0.0449. The number of carbonyl (C=O) groups is 2. The molecule has 2 unspecified atom stereocenters. The van der Waals surface area contributed by atoms with Crippen molar-refractivity contribution in [2.45, 2.75) is 117 Å². The van der Waals surface area contributed by atoms with Gasteiger partial charge in [-0.1, -0.05) is 52.4 Å². The Morgan fingerprint density at radius 2 is 1.00 bits per heavy atom. The van der Waals surface area contributed by atoms with Crippen LogP contribution in [0.15, 0.2) is 49.1 Å². The molecule has 2 atom stereocenters. The van der Waals surface area contributed by atoms with E-state index in [1.54, 1.807) is 0 Å². The molecule has 2 rings (SSSR count). The predicted octanol–water partition coefficient (Wildman–Crippen LogP) is 5.73. The number of nitrogens with zero attached hydrogens (tertiary/aromatic N) is 2. The van der Waals surface area contributed by atoms with Crippen molar-refractivity contribution >= 4 is 11.9 Å². The van der Waals surface area contributed by atoms with Gasteiger partial charge in [0.2, 0.25) is 13.1 Å². The molecule has 2 heterocycles. The van der Waals surface area contributed by atoms with Crippen molar-refractivity contribution in [3.63, 3.8) is 0 Å². The van der Waals surface area contributed by atoms with Crippen LogP contribution in [0, 0.1) is 0 Å². The highest BCUT2D eigenvalue weighted by molar-refractivity contribution is 5.68. The van der Waals surface area contributed by atoms with E-state index in [4.69, 9.17) is 9.47 Å². The second kappa shape index (κ2) is 16.8. The van der Waals surface area contributed by atoms with E-state index in [9.17, 15) is 9.59 Å². The van der Waals surface area contributed by atoms with Gasteiger partial charge in [-0.2, -0.15) is 9.13 Å². The summed E-state index contributed by atoms with van der Waals surface area (Å²) in [6.07, 6.45) is 18.8. The predicted molar refractivity (Wildman–Crippen MR) is 141 cm³/mol. The van der Waals surface area contributed by atoms with Crippen LogP contribution in [0.3, 0.4) is 0 Å². The smallest absolute Gasteiger partial charge is 0.372 e. The van der Waals surface area contributed by atoms with Gasteiger partial charge in [0.25, 0.3) is 0 Å². The molecule has 0 saturated heterocycles. The maximum Gasteiger partial charge on any atom is 0.372 e. The number of hydrogen-bond acceptors (Lipinski definition) is 4. The molecule has 0 aromatic carbocycles. The highest BCUT2D eigenvalue weighted by Gasteiger charge is 2.16. The van der Waals surface area contributed by atoms with Gasteiger partial charge in [-0.25, -0.2) is 9.59 Å². The van der Waals surface area contributed by atoms with Crippen LogP contribution in [0.1, 0.15) is 91.9 Å². The molecule has 0 aliphatic carbocycles. The minimum atomic E-state index is -0.210. The molecular formula is C30H46N2O4+2. The lowest BCUT2D eigenvalue weighted by Gasteiger charge is -2.12. The van der Waals surface area contributed by atoms with Crippen molar-refractivity contribution in [3.8, 4) is 11.1 Å². The van der Waals surface area contributed by atoms with Crippen LogP contribution in [-0.2, 0) is 32.2 Å². The van der Waals surface area contributed by atoms with Crippen LogP contribution in [0.5, 0.6) is 0 Å². The van der Waals surface area contributed by atoms with E-state index in [0.717, 1.165) is 36.8 Å². The molecule has 0 radical (unpaired) electrons. The monoisotopic (exact) mass is 498 g/mol. The second-order valence-corrected chi connectivity index (χ2v) is 9.82. The highest BCUT2D eigenvalue weighted by Crippen LogP contribution is 2.16. The van der Waals surface area contributed by atoms with Crippen LogP contribution < -0.4 is 9.13 Å². The van der Waals surface area contributed by atoms with Gasteiger partial charge in [-0.15, -0.1) is 0 Å². The molecule has 0 aliphatic rings. The number of carbonyl (C=O) groups excluding carboxylic acids is 2. The molecule has 0 bridgehead atoms. The van der Waals surface area contributed by atoms with Gasteiger partial charge >= 0.3 is 11.9 Å². The van der Waals surface area contributed by atoms with Gasteiger partial charge < -0.3 is 9.47 Å². The molecule has 6 nitrogen and oxygen atoms in total. The number of esters is 2. The zero-order chi connectivity index (χ0) is 26.2. The molecule has 2 aromatic heterocycles. The Balaban J connectivity index is 1.78. The number of hydrogen-bond donors (Lipinski definition) is 0. The Kier molecular flexibility index (Phi) is 13.8. The SMILES string of the molecule is CCCCCCC(C)OC(=O)C[n+]1ccc(-c2cc[n+](CC(=O)OC(C)CCCCCC)cc2)cc1. The molecule has 198 valence electrons. The van der Waals surface area contributed by atoms with Gasteiger partial charge in [-0.05, 0) is 50.7 Å². The fraction of sp³-hybridized carbons (Fsp3) is 0.600. The fourth-order valence-electron chi connectivity index (χ4n) is 4.17. The van der Waals surface area contributed by atoms with Crippen molar-refractivity contribution in [1.82, 2.24) is 0 Å². The summed E-state index contributed by atoms with van der Waals surface area (Å²) in [5, 5.41) is 0. The topological polar surface area (TPSA) is 60.4 Å². The highest BCUT2D eigenvalue weighted by atomic mass is 16.5. The lowest BCUT2D eigenvalue weighted by molar-refractivity contribution is -0.686. The largest absolute Gasteiger partial charge is 0.458 e. The zero-order valence-electron chi connectivity index (χ0n) is 22.8. The summed E-state index contributed by atoms with van der Waals surface area (Å²) in [5.74, 6) is -0.419. The molecule has 0 N–H and O–H groups in total. The van der Waals surface area contributed by atoms with E-state index in [-0.39, 0.29) is 37.2 Å². The summed E-state index contributed by atoms with van der Waals surface area (Å²) < 4.78 is 14.8. The maximum absolute atomic E-state index is 12.3. The van der Waals surface area contributed by atoms with E-state index in [1.165, 1.54) is 38.5 Å². The summed E-state index contributed by atoms with van der Waals surface area (Å²) in [4.78, 5) is 24.5. The number of unbranched alkanes of at least 4 members (excludes halogenated alkanes) is 6. The summed E-state index contributed by atoms with van der Waals surface area (Å²) in [5.41, 5.74) is 2.08. The molecule has 6 heteroatoms. The van der Waals surface area contributed by atoms with Gasteiger partial charge in [0.1, 0.15) is 0 Å². The number of rotatable bonds is 17.